The Hall–Kier alpha value is -0.251. The van der Waals surface area contributed by atoms with Gasteiger partial charge in [-0.15, -0.1) is 0 Å². The number of aliphatic carboxylic acids is 6. The molecule has 0 aromatic heterocycles. The topological polar surface area (TPSA) is 345 Å². The second-order valence-corrected chi connectivity index (χ2v) is 4.70. The van der Waals surface area contributed by atoms with Crippen molar-refractivity contribution < 1.29 is 189 Å². The van der Waals surface area contributed by atoms with Crippen LogP contribution in [0, 0.1) is 98.8 Å². The van der Waals surface area contributed by atoms with E-state index in [1.807, 2.05) is 0 Å². The van der Waals surface area contributed by atoms with Crippen molar-refractivity contribution in [1.29, 1.82) is 0 Å². The fourth-order valence-corrected chi connectivity index (χ4v) is 0.810. The number of carbonyl (C=O) groups is 6. The summed E-state index contributed by atoms with van der Waals surface area (Å²) in [5, 5.41) is 97.6. The first-order valence-corrected chi connectivity index (χ1v) is 6.85. The third-order valence-electron chi connectivity index (χ3n) is 2.42. The summed E-state index contributed by atoms with van der Waals surface area (Å²) in [7, 11) is 0. The third kappa shape index (κ3) is 19.2. The molecule has 0 saturated carbocycles. The van der Waals surface area contributed by atoms with Gasteiger partial charge in [0.15, 0.2) is 36.6 Å². The number of aliphatic hydroxyl groups is 6. The molecular formula is C12H18Eu2O18. The van der Waals surface area contributed by atoms with Crippen LogP contribution in [0.4, 0.5) is 0 Å². The second kappa shape index (κ2) is 21.3. The predicted octanol–water partition coefficient (Wildman–Crippen LogP) is -6.37. The first-order valence-electron chi connectivity index (χ1n) is 6.85. The Morgan fingerprint density at radius 3 is 0.406 bits per heavy atom. The summed E-state index contributed by atoms with van der Waals surface area (Å²) in [5.41, 5.74) is 0. The van der Waals surface area contributed by atoms with Gasteiger partial charge in [0.2, 0.25) is 0 Å². The van der Waals surface area contributed by atoms with E-state index in [0.717, 1.165) is 0 Å². The number of rotatable bonds is 9. The molecule has 0 amide bonds. The Balaban J connectivity index is -0.000000110. The van der Waals surface area contributed by atoms with E-state index in [-0.39, 0.29) is 98.8 Å². The van der Waals surface area contributed by atoms with E-state index in [4.69, 9.17) is 61.3 Å². The molecule has 0 aliphatic carbocycles. The number of hydrogen-bond acceptors (Lipinski definition) is 12. The zero-order valence-corrected chi connectivity index (χ0v) is 19.9. The van der Waals surface area contributed by atoms with Crippen LogP contribution in [0.15, 0.2) is 0 Å². The fraction of sp³-hybridized carbons (Fsp3) is 0.500. The Morgan fingerprint density at radius 2 is 0.375 bits per heavy atom. The number of carboxylic acids is 6. The molecule has 0 bridgehead atoms. The molecule has 32 heavy (non-hydrogen) atoms. The van der Waals surface area contributed by atoms with Gasteiger partial charge in [-0.2, -0.15) is 0 Å². The summed E-state index contributed by atoms with van der Waals surface area (Å²) in [6, 6.07) is 0. The molecule has 0 aromatic carbocycles. The largest absolute Gasteiger partial charge is 0.479 e. The van der Waals surface area contributed by atoms with Gasteiger partial charge in [0.25, 0.3) is 0 Å². The minimum Gasteiger partial charge on any atom is -0.479 e. The molecule has 0 aromatic rings. The van der Waals surface area contributed by atoms with Crippen molar-refractivity contribution in [2.45, 2.75) is 36.6 Å². The smallest absolute Gasteiger partial charge is 0.335 e. The normalized spacial score (nSPS) is 14.8. The quantitative estimate of drug-likeness (QED) is 0.104. The SMILES string of the molecule is O=C(O)C(O)C(O)C(=O)O.O=C(O)C(O)C(O)C(=O)O.O=C(O)C(O)C(O)C(=O)O.[Eu].[Eu]. The Labute approximate surface area is 257 Å². The summed E-state index contributed by atoms with van der Waals surface area (Å²) in [6.45, 7) is 0. The molecule has 188 valence electrons. The summed E-state index contributed by atoms with van der Waals surface area (Å²) in [4.78, 5) is 58.6. The zero-order valence-electron chi connectivity index (χ0n) is 15.0. The van der Waals surface area contributed by atoms with Gasteiger partial charge in [0.05, 0.1) is 0 Å². The Morgan fingerprint density at radius 1 is 0.312 bits per heavy atom. The molecule has 0 rings (SSSR count). The van der Waals surface area contributed by atoms with Crippen molar-refractivity contribution >= 4 is 35.8 Å². The van der Waals surface area contributed by atoms with E-state index in [2.05, 4.69) is 0 Å². The van der Waals surface area contributed by atoms with Crippen LogP contribution in [0.2, 0.25) is 0 Å². The van der Waals surface area contributed by atoms with Gasteiger partial charge in [-0.25, -0.2) is 28.8 Å². The van der Waals surface area contributed by atoms with Crippen molar-refractivity contribution in [2.75, 3.05) is 0 Å². The van der Waals surface area contributed by atoms with Crippen LogP contribution in [-0.2, 0) is 28.8 Å². The van der Waals surface area contributed by atoms with Crippen LogP contribution in [0.3, 0.4) is 0 Å². The number of carboxylic acid groups (broad SMARTS) is 6. The van der Waals surface area contributed by atoms with Gasteiger partial charge in [-0.3, -0.25) is 0 Å². The first-order chi connectivity index (χ1) is 13.4. The monoisotopic (exact) mass is 756 g/mol. The summed E-state index contributed by atoms with van der Waals surface area (Å²) in [6.07, 6.45) is -13.6. The molecule has 20 heteroatoms. The van der Waals surface area contributed by atoms with Crippen molar-refractivity contribution in [1.82, 2.24) is 0 Å². The molecule has 12 N–H and O–H groups in total. The van der Waals surface area contributed by atoms with E-state index < -0.39 is 72.4 Å². The molecule has 0 heterocycles. The van der Waals surface area contributed by atoms with E-state index in [1.54, 1.807) is 0 Å². The van der Waals surface area contributed by atoms with Crippen molar-refractivity contribution in [2.24, 2.45) is 0 Å². The van der Waals surface area contributed by atoms with Gasteiger partial charge in [0, 0.05) is 98.8 Å². The van der Waals surface area contributed by atoms with Gasteiger partial charge >= 0.3 is 35.8 Å². The standard InChI is InChI=1S/3C4H6O6.2Eu/c3*5-1(3(7)8)2(6)4(9)10;;/h3*1-2,5-6H,(H,7,8)(H,9,10);;. The zero-order chi connectivity index (χ0) is 24.9. The van der Waals surface area contributed by atoms with E-state index >= 15 is 0 Å². The third-order valence-corrected chi connectivity index (χ3v) is 2.42. The van der Waals surface area contributed by atoms with Crippen molar-refractivity contribution in [3.63, 3.8) is 0 Å². The summed E-state index contributed by atoms with van der Waals surface area (Å²) in [5.74, 6) is -10.6. The van der Waals surface area contributed by atoms with Crippen LogP contribution in [0.25, 0.3) is 0 Å². The van der Waals surface area contributed by atoms with Crippen molar-refractivity contribution in [3.05, 3.63) is 0 Å². The molecule has 18 nitrogen and oxygen atoms in total. The number of aliphatic hydroxyl groups excluding tert-OH is 6. The molecule has 2 radical (unpaired) electrons. The Kier molecular flexibility index (Phi) is 27.9. The molecule has 6 atom stereocenters. The minimum absolute atomic E-state index is 0. The number of hydrogen-bond donors (Lipinski definition) is 12. The minimum atomic E-state index is -2.27. The van der Waals surface area contributed by atoms with Crippen LogP contribution >= 0.6 is 0 Å². The molecule has 0 fully saturated rings. The summed E-state index contributed by atoms with van der Waals surface area (Å²) < 4.78 is 0. The molecule has 6 unspecified atom stereocenters. The molecule has 0 aliphatic heterocycles. The summed E-state index contributed by atoms with van der Waals surface area (Å²) >= 11 is 0. The van der Waals surface area contributed by atoms with E-state index in [0.29, 0.717) is 0 Å². The average Bonchev–Trinajstić information content (AvgIpc) is 2.64. The first kappa shape index (κ1) is 42.0. The van der Waals surface area contributed by atoms with Crippen LogP contribution < -0.4 is 0 Å². The molecule has 0 aliphatic rings. The predicted molar refractivity (Wildman–Crippen MR) is 81.9 cm³/mol. The van der Waals surface area contributed by atoms with E-state index in [1.165, 1.54) is 0 Å². The maximum absolute atomic E-state index is 9.77. The molecule has 0 saturated heterocycles. The average molecular weight is 754 g/mol. The fourth-order valence-electron chi connectivity index (χ4n) is 0.810. The maximum Gasteiger partial charge on any atom is 0.335 e. The van der Waals surface area contributed by atoms with Gasteiger partial charge in [-0.1, -0.05) is 0 Å². The van der Waals surface area contributed by atoms with Gasteiger partial charge in [-0.05, 0) is 0 Å². The maximum atomic E-state index is 9.77. The van der Waals surface area contributed by atoms with Crippen LogP contribution in [-0.4, -0.2) is 134 Å². The van der Waals surface area contributed by atoms with Gasteiger partial charge in [0.1, 0.15) is 0 Å². The second-order valence-electron chi connectivity index (χ2n) is 4.70. The van der Waals surface area contributed by atoms with Crippen LogP contribution in [0.5, 0.6) is 0 Å². The molecule has 0 spiro atoms. The van der Waals surface area contributed by atoms with Gasteiger partial charge < -0.3 is 61.3 Å². The van der Waals surface area contributed by atoms with Crippen molar-refractivity contribution in [3.8, 4) is 0 Å². The Bertz CT molecular complexity index is 498. The van der Waals surface area contributed by atoms with Crippen LogP contribution in [0.1, 0.15) is 0 Å². The molecular weight excluding hydrogens is 736 g/mol. The van der Waals surface area contributed by atoms with E-state index in [9.17, 15) is 28.8 Å².